The number of amides is 1. The fraction of sp³-hybridized carbons (Fsp3) is 0.179. The SMILES string of the molecule is COCC(=O)Nc1ccc(N2C(=S)N[C@@H](c3ccccn3)[C@H]2c2cccn2-c2ccccc2OC)cc1Cl. The summed E-state index contributed by atoms with van der Waals surface area (Å²) in [5.74, 6) is 0.460. The first-order valence-electron chi connectivity index (χ1n) is 11.9. The molecule has 2 N–H and O–H groups in total. The van der Waals surface area contributed by atoms with Crippen LogP contribution in [0.1, 0.15) is 23.5 Å². The summed E-state index contributed by atoms with van der Waals surface area (Å²) in [7, 11) is 3.12. The highest BCUT2D eigenvalue weighted by Gasteiger charge is 2.42. The van der Waals surface area contributed by atoms with Gasteiger partial charge in [-0.15, -0.1) is 0 Å². The fourth-order valence-corrected chi connectivity index (χ4v) is 5.26. The number of carbonyl (C=O) groups is 1. The molecule has 2 atom stereocenters. The van der Waals surface area contributed by atoms with Crippen molar-refractivity contribution < 1.29 is 14.3 Å². The number of anilines is 2. The molecule has 0 unspecified atom stereocenters. The van der Waals surface area contributed by atoms with Gasteiger partial charge in [-0.05, 0) is 66.8 Å². The van der Waals surface area contributed by atoms with Crippen molar-refractivity contribution in [2.24, 2.45) is 0 Å². The van der Waals surface area contributed by atoms with E-state index in [1.807, 2.05) is 65.7 Å². The summed E-state index contributed by atoms with van der Waals surface area (Å²) >= 11 is 12.5. The topological polar surface area (TPSA) is 80.7 Å². The lowest BCUT2D eigenvalue weighted by atomic mass is 10.0. The molecule has 1 amide bonds. The number of aromatic nitrogens is 2. The van der Waals surface area contributed by atoms with Crippen LogP contribution in [0.25, 0.3) is 5.69 Å². The van der Waals surface area contributed by atoms with Crippen molar-refractivity contribution >= 4 is 46.2 Å². The quantitative estimate of drug-likeness (QED) is 0.290. The number of para-hydroxylation sites is 2. The predicted molar refractivity (Wildman–Crippen MR) is 152 cm³/mol. The molecular weight excluding hydrogens is 522 g/mol. The predicted octanol–water partition coefficient (Wildman–Crippen LogP) is 5.30. The van der Waals surface area contributed by atoms with Gasteiger partial charge >= 0.3 is 0 Å². The summed E-state index contributed by atoms with van der Waals surface area (Å²) in [6.07, 6.45) is 3.77. The molecule has 0 radical (unpaired) electrons. The first kappa shape index (κ1) is 25.7. The Morgan fingerprint density at radius 1 is 1.11 bits per heavy atom. The minimum Gasteiger partial charge on any atom is -0.495 e. The maximum atomic E-state index is 12.0. The third kappa shape index (κ3) is 4.96. The van der Waals surface area contributed by atoms with E-state index in [9.17, 15) is 4.79 Å². The van der Waals surface area contributed by atoms with Crippen molar-refractivity contribution in [3.63, 3.8) is 0 Å². The van der Waals surface area contributed by atoms with Gasteiger partial charge in [0.05, 0.1) is 35.2 Å². The summed E-state index contributed by atoms with van der Waals surface area (Å²) in [5.41, 5.74) is 4.00. The van der Waals surface area contributed by atoms with E-state index in [2.05, 4.69) is 26.3 Å². The minimum atomic E-state index is -0.289. The summed E-state index contributed by atoms with van der Waals surface area (Å²) in [5, 5.41) is 7.15. The number of hydrogen-bond acceptors (Lipinski definition) is 5. The van der Waals surface area contributed by atoms with E-state index < -0.39 is 0 Å². The van der Waals surface area contributed by atoms with Gasteiger partial charge in [0.15, 0.2) is 5.11 Å². The fourth-order valence-electron chi connectivity index (χ4n) is 4.69. The molecular formula is C28H26ClN5O3S. The average Bonchev–Trinajstić information content (AvgIpc) is 3.54. The molecule has 1 aliphatic heterocycles. The van der Waals surface area contributed by atoms with Gasteiger partial charge in [0, 0.05) is 30.9 Å². The van der Waals surface area contributed by atoms with Crippen LogP contribution in [0.15, 0.2) is 85.2 Å². The van der Waals surface area contributed by atoms with Crippen LogP contribution in [0.4, 0.5) is 11.4 Å². The highest BCUT2D eigenvalue weighted by atomic mass is 35.5. The number of pyridine rings is 1. The molecule has 5 rings (SSSR count). The molecule has 10 heteroatoms. The Bertz CT molecular complexity index is 1460. The van der Waals surface area contributed by atoms with Crippen LogP contribution in [-0.4, -0.2) is 41.4 Å². The molecule has 0 saturated carbocycles. The van der Waals surface area contributed by atoms with Gasteiger partial charge in [-0.3, -0.25) is 9.78 Å². The van der Waals surface area contributed by atoms with E-state index in [1.54, 1.807) is 25.4 Å². The summed E-state index contributed by atoms with van der Waals surface area (Å²) in [4.78, 5) is 18.7. The standard InChI is InChI=1S/C28H26ClN5O3S/c1-36-17-25(35)31-20-13-12-18(16-19(20)29)34-27(26(32-28(34)38)21-8-5-6-14-30-21)23-10-7-15-33(23)22-9-3-4-11-24(22)37-2/h3-16,26-27H,17H2,1-2H3,(H,31,35)(H,32,38)/t26-,27+/m0/s1. The van der Waals surface area contributed by atoms with Crippen LogP contribution in [-0.2, 0) is 9.53 Å². The van der Waals surface area contributed by atoms with E-state index >= 15 is 0 Å². The van der Waals surface area contributed by atoms with Crippen molar-refractivity contribution in [1.29, 1.82) is 0 Å². The lowest BCUT2D eigenvalue weighted by Crippen LogP contribution is -2.30. The van der Waals surface area contributed by atoms with Gasteiger partial charge in [0.2, 0.25) is 5.91 Å². The molecule has 38 heavy (non-hydrogen) atoms. The Labute approximate surface area is 231 Å². The lowest BCUT2D eigenvalue weighted by Gasteiger charge is -2.29. The van der Waals surface area contributed by atoms with E-state index in [0.29, 0.717) is 15.8 Å². The number of nitrogens with zero attached hydrogens (tertiary/aromatic N) is 3. The number of ether oxygens (including phenoxy) is 2. The lowest BCUT2D eigenvalue weighted by molar-refractivity contribution is -0.119. The number of benzene rings is 2. The molecule has 1 fully saturated rings. The molecule has 3 heterocycles. The molecule has 194 valence electrons. The third-order valence-electron chi connectivity index (χ3n) is 6.31. The second-order valence-corrected chi connectivity index (χ2v) is 9.41. The minimum absolute atomic E-state index is 0.0635. The van der Waals surface area contributed by atoms with Crippen molar-refractivity contribution in [2.75, 3.05) is 31.0 Å². The van der Waals surface area contributed by atoms with Crippen molar-refractivity contribution in [3.05, 3.63) is 102 Å². The summed E-state index contributed by atoms with van der Waals surface area (Å²) in [6, 6.07) is 22.7. The van der Waals surface area contributed by atoms with Gasteiger partial charge in [-0.2, -0.15) is 0 Å². The molecule has 2 aromatic heterocycles. The van der Waals surface area contributed by atoms with Gasteiger partial charge in [-0.1, -0.05) is 29.8 Å². The Kier molecular flexibility index (Phi) is 7.59. The van der Waals surface area contributed by atoms with E-state index in [4.69, 9.17) is 33.3 Å². The maximum absolute atomic E-state index is 12.0. The smallest absolute Gasteiger partial charge is 0.250 e. The van der Waals surface area contributed by atoms with Crippen molar-refractivity contribution in [2.45, 2.75) is 12.1 Å². The zero-order chi connectivity index (χ0) is 26.6. The molecule has 0 aliphatic carbocycles. The normalized spacial score (nSPS) is 16.8. The Morgan fingerprint density at radius 2 is 1.92 bits per heavy atom. The first-order chi connectivity index (χ1) is 18.5. The van der Waals surface area contributed by atoms with Crippen LogP contribution >= 0.6 is 23.8 Å². The van der Waals surface area contributed by atoms with Crippen LogP contribution < -0.4 is 20.3 Å². The summed E-state index contributed by atoms with van der Waals surface area (Å²) < 4.78 is 12.7. The molecule has 0 spiro atoms. The number of thiocarbonyl (C=S) groups is 1. The number of carbonyl (C=O) groups excluding carboxylic acids is 1. The second-order valence-electron chi connectivity index (χ2n) is 8.62. The van der Waals surface area contributed by atoms with Gasteiger partial charge < -0.3 is 29.6 Å². The Morgan fingerprint density at radius 3 is 2.66 bits per heavy atom. The number of halogens is 1. The zero-order valence-electron chi connectivity index (χ0n) is 20.8. The third-order valence-corrected chi connectivity index (χ3v) is 6.93. The summed E-state index contributed by atoms with van der Waals surface area (Å²) in [6.45, 7) is -0.0635. The number of rotatable bonds is 8. The largest absolute Gasteiger partial charge is 0.495 e. The van der Waals surface area contributed by atoms with Gasteiger partial charge in [0.1, 0.15) is 18.4 Å². The highest BCUT2D eigenvalue weighted by molar-refractivity contribution is 7.80. The highest BCUT2D eigenvalue weighted by Crippen LogP contribution is 2.44. The van der Waals surface area contributed by atoms with E-state index in [-0.39, 0.29) is 24.6 Å². The van der Waals surface area contributed by atoms with Crippen LogP contribution in [0.3, 0.4) is 0 Å². The number of methoxy groups -OCH3 is 2. The van der Waals surface area contributed by atoms with Crippen LogP contribution in [0.5, 0.6) is 5.75 Å². The average molecular weight is 548 g/mol. The molecule has 2 aromatic carbocycles. The molecule has 8 nitrogen and oxygen atoms in total. The second kappa shape index (κ2) is 11.2. The van der Waals surface area contributed by atoms with Crippen LogP contribution in [0.2, 0.25) is 5.02 Å². The zero-order valence-corrected chi connectivity index (χ0v) is 22.4. The Hall–Kier alpha value is -3.92. The van der Waals surface area contributed by atoms with Crippen LogP contribution in [0, 0.1) is 0 Å². The van der Waals surface area contributed by atoms with E-state index in [0.717, 1.165) is 28.5 Å². The van der Waals surface area contributed by atoms with Crippen molar-refractivity contribution in [1.82, 2.24) is 14.9 Å². The van der Waals surface area contributed by atoms with Gasteiger partial charge in [0.25, 0.3) is 0 Å². The molecule has 0 bridgehead atoms. The van der Waals surface area contributed by atoms with E-state index in [1.165, 1.54) is 7.11 Å². The monoisotopic (exact) mass is 547 g/mol. The molecule has 1 aliphatic rings. The van der Waals surface area contributed by atoms with Crippen molar-refractivity contribution in [3.8, 4) is 11.4 Å². The molecule has 4 aromatic rings. The molecule has 1 saturated heterocycles. The maximum Gasteiger partial charge on any atom is 0.250 e. The first-order valence-corrected chi connectivity index (χ1v) is 12.7. The number of hydrogen-bond donors (Lipinski definition) is 2. The number of nitrogens with one attached hydrogen (secondary N) is 2. The van der Waals surface area contributed by atoms with Gasteiger partial charge in [-0.25, -0.2) is 0 Å². The Balaban J connectivity index is 1.60.